The maximum absolute atomic E-state index is 12.3. The standard InChI is InChI=1S/C21H16N2O4/c1-25-21(24)19-16-9-5-6-10-17(16)22-11-18(19)26-12-15-13-27-20(23-15)14-7-3-2-4-8-14/h2-11,13H,12H2,1H3. The van der Waals surface area contributed by atoms with Crippen LogP contribution in [0.5, 0.6) is 5.75 Å². The summed E-state index contributed by atoms with van der Waals surface area (Å²) in [5.74, 6) is 0.373. The number of carbonyl (C=O) groups excluding carboxylic acids is 1. The predicted molar refractivity (Wildman–Crippen MR) is 99.4 cm³/mol. The molecule has 0 saturated heterocycles. The Morgan fingerprint density at radius 2 is 1.85 bits per heavy atom. The van der Waals surface area contributed by atoms with Crippen LogP contribution in [0.3, 0.4) is 0 Å². The van der Waals surface area contributed by atoms with E-state index < -0.39 is 5.97 Å². The van der Waals surface area contributed by atoms with Crippen molar-refractivity contribution in [2.75, 3.05) is 7.11 Å². The number of benzene rings is 2. The molecule has 0 bridgehead atoms. The number of hydrogen-bond acceptors (Lipinski definition) is 6. The minimum Gasteiger partial charge on any atom is -0.485 e. The van der Waals surface area contributed by atoms with Gasteiger partial charge in [-0.3, -0.25) is 4.98 Å². The lowest BCUT2D eigenvalue weighted by Crippen LogP contribution is -2.07. The highest BCUT2D eigenvalue weighted by atomic mass is 16.5. The smallest absolute Gasteiger partial charge is 0.342 e. The SMILES string of the molecule is COC(=O)c1c(OCc2coc(-c3ccccc3)n2)cnc2ccccc12. The van der Waals surface area contributed by atoms with Gasteiger partial charge in [-0.2, -0.15) is 0 Å². The Morgan fingerprint density at radius 1 is 1.07 bits per heavy atom. The molecule has 0 amide bonds. The second-order valence-electron chi connectivity index (χ2n) is 5.80. The number of rotatable bonds is 5. The van der Waals surface area contributed by atoms with E-state index in [0.717, 1.165) is 5.56 Å². The highest BCUT2D eigenvalue weighted by Crippen LogP contribution is 2.28. The number of para-hydroxylation sites is 1. The van der Waals surface area contributed by atoms with E-state index in [1.165, 1.54) is 19.6 Å². The lowest BCUT2D eigenvalue weighted by molar-refractivity contribution is 0.0597. The molecule has 0 radical (unpaired) electrons. The van der Waals surface area contributed by atoms with Gasteiger partial charge >= 0.3 is 5.97 Å². The summed E-state index contributed by atoms with van der Waals surface area (Å²) in [6.45, 7) is 0.139. The molecule has 4 aromatic rings. The number of methoxy groups -OCH3 is 1. The molecule has 4 rings (SSSR count). The zero-order chi connectivity index (χ0) is 18.6. The number of hydrogen-bond donors (Lipinski definition) is 0. The van der Waals surface area contributed by atoms with Gasteiger partial charge in [-0.15, -0.1) is 0 Å². The van der Waals surface area contributed by atoms with Gasteiger partial charge in [-0.05, 0) is 18.2 Å². The summed E-state index contributed by atoms with van der Waals surface area (Å²) >= 11 is 0. The van der Waals surface area contributed by atoms with Crippen LogP contribution < -0.4 is 4.74 Å². The topological polar surface area (TPSA) is 74.5 Å². The highest BCUT2D eigenvalue weighted by molar-refractivity contribution is 6.05. The molecule has 0 unspecified atom stereocenters. The molecule has 0 spiro atoms. The van der Waals surface area contributed by atoms with E-state index in [0.29, 0.717) is 33.8 Å². The molecule has 2 heterocycles. The Bertz CT molecular complexity index is 1090. The van der Waals surface area contributed by atoms with Crippen molar-refractivity contribution in [3.63, 3.8) is 0 Å². The molecule has 0 N–H and O–H groups in total. The molecule has 2 aromatic heterocycles. The van der Waals surface area contributed by atoms with E-state index in [-0.39, 0.29) is 6.61 Å². The average Bonchev–Trinajstić information content (AvgIpc) is 3.21. The van der Waals surface area contributed by atoms with Crippen molar-refractivity contribution in [2.45, 2.75) is 6.61 Å². The Kier molecular flexibility index (Phi) is 4.53. The quantitative estimate of drug-likeness (QED) is 0.495. The van der Waals surface area contributed by atoms with E-state index >= 15 is 0 Å². The van der Waals surface area contributed by atoms with Crippen molar-refractivity contribution in [1.29, 1.82) is 0 Å². The number of fused-ring (bicyclic) bond motifs is 1. The fourth-order valence-electron chi connectivity index (χ4n) is 2.78. The number of nitrogens with zero attached hydrogens (tertiary/aromatic N) is 2. The molecule has 6 nitrogen and oxygen atoms in total. The summed E-state index contributed by atoms with van der Waals surface area (Å²) in [6, 6.07) is 16.9. The van der Waals surface area contributed by atoms with Gasteiger partial charge in [0.25, 0.3) is 0 Å². The number of carbonyl (C=O) groups is 1. The van der Waals surface area contributed by atoms with Gasteiger partial charge in [-0.1, -0.05) is 36.4 Å². The van der Waals surface area contributed by atoms with E-state index in [9.17, 15) is 4.79 Å². The number of aromatic nitrogens is 2. The van der Waals surface area contributed by atoms with Gasteiger partial charge in [0.2, 0.25) is 5.89 Å². The molecule has 0 aliphatic heterocycles. The fraction of sp³-hybridized carbons (Fsp3) is 0.0952. The number of esters is 1. The lowest BCUT2D eigenvalue weighted by atomic mass is 10.1. The molecule has 6 heteroatoms. The first-order valence-electron chi connectivity index (χ1n) is 8.35. The van der Waals surface area contributed by atoms with E-state index in [1.54, 1.807) is 0 Å². The van der Waals surface area contributed by atoms with Crippen molar-refractivity contribution in [2.24, 2.45) is 0 Å². The monoisotopic (exact) mass is 360 g/mol. The second-order valence-corrected chi connectivity index (χ2v) is 5.80. The van der Waals surface area contributed by atoms with Gasteiger partial charge in [-0.25, -0.2) is 9.78 Å². The lowest BCUT2D eigenvalue weighted by Gasteiger charge is -2.11. The van der Waals surface area contributed by atoms with Gasteiger partial charge < -0.3 is 13.9 Å². The van der Waals surface area contributed by atoms with Crippen LogP contribution in [0.25, 0.3) is 22.4 Å². The largest absolute Gasteiger partial charge is 0.485 e. The summed E-state index contributed by atoms with van der Waals surface area (Å²) in [7, 11) is 1.34. The number of oxazole rings is 1. The van der Waals surface area contributed by atoms with Crippen molar-refractivity contribution in [3.05, 3.63) is 78.3 Å². The van der Waals surface area contributed by atoms with Gasteiger partial charge in [0, 0.05) is 10.9 Å². The van der Waals surface area contributed by atoms with E-state index in [4.69, 9.17) is 13.9 Å². The summed E-state index contributed by atoms with van der Waals surface area (Å²) in [4.78, 5) is 21.1. The molecule has 27 heavy (non-hydrogen) atoms. The van der Waals surface area contributed by atoms with Crippen molar-refractivity contribution < 1.29 is 18.7 Å². The maximum Gasteiger partial charge on any atom is 0.342 e. The number of ether oxygens (including phenoxy) is 2. The first kappa shape index (κ1) is 16.8. The highest BCUT2D eigenvalue weighted by Gasteiger charge is 2.18. The van der Waals surface area contributed by atoms with E-state index in [2.05, 4.69) is 9.97 Å². The fourth-order valence-corrected chi connectivity index (χ4v) is 2.78. The van der Waals surface area contributed by atoms with Crippen molar-refractivity contribution in [3.8, 4) is 17.2 Å². The van der Waals surface area contributed by atoms with Crippen LogP contribution in [0.1, 0.15) is 16.1 Å². The van der Waals surface area contributed by atoms with Crippen LogP contribution in [0.15, 0.2) is 71.5 Å². The molecule has 0 atom stereocenters. The molecular formula is C21H16N2O4. The minimum absolute atomic E-state index is 0.139. The Balaban J connectivity index is 1.61. The van der Waals surface area contributed by atoms with Crippen molar-refractivity contribution >= 4 is 16.9 Å². The predicted octanol–water partition coefficient (Wildman–Crippen LogP) is 4.26. The normalized spacial score (nSPS) is 10.7. The molecular weight excluding hydrogens is 344 g/mol. The summed E-state index contributed by atoms with van der Waals surface area (Å²) in [6.07, 6.45) is 3.06. The minimum atomic E-state index is -0.478. The van der Waals surface area contributed by atoms with Crippen LogP contribution in [0.4, 0.5) is 0 Å². The third kappa shape index (κ3) is 3.37. The van der Waals surface area contributed by atoms with Gasteiger partial charge in [0.1, 0.15) is 24.1 Å². The molecule has 0 aliphatic carbocycles. The number of pyridine rings is 1. The zero-order valence-corrected chi connectivity index (χ0v) is 14.6. The maximum atomic E-state index is 12.3. The zero-order valence-electron chi connectivity index (χ0n) is 14.6. The van der Waals surface area contributed by atoms with Crippen LogP contribution >= 0.6 is 0 Å². The Morgan fingerprint density at radius 3 is 2.67 bits per heavy atom. The average molecular weight is 360 g/mol. The molecule has 0 saturated carbocycles. The van der Waals surface area contributed by atoms with Gasteiger partial charge in [0.15, 0.2) is 5.75 Å². The molecule has 0 aliphatic rings. The van der Waals surface area contributed by atoms with Crippen LogP contribution in [0, 0.1) is 0 Å². The third-order valence-corrected chi connectivity index (χ3v) is 4.08. The summed E-state index contributed by atoms with van der Waals surface area (Å²) in [5, 5.41) is 0.673. The Labute approximate surface area is 155 Å². The second kappa shape index (κ2) is 7.29. The summed E-state index contributed by atoms with van der Waals surface area (Å²) in [5.41, 5.74) is 2.53. The Hall–Kier alpha value is -3.67. The first-order chi connectivity index (χ1) is 13.3. The van der Waals surface area contributed by atoms with Gasteiger partial charge in [0.05, 0.1) is 18.8 Å². The van der Waals surface area contributed by atoms with Crippen molar-refractivity contribution in [1.82, 2.24) is 9.97 Å². The van der Waals surface area contributed by atoms with Crippen LogP contribution in [-0.4, -0.2) is 23.0 Å². The van der Waals surface area contributed by atoms with Crippen LogP contribution in [-0.2, 0) is 11.3 Å². The summed E-state index contributed by atoms with van der Waals surface area (Å²) < 4.78 is 16.2. The first-order valence-corrected chi connectivity index (χ1v) is 8.35. The molecule has 2 aromatic carbocycles. The van der Waals surface area contributed by atoms with Crippen LogP contribution in [0.2, 0.25) is 0 Å². The molecule has 0 fully saturated rings. The third-order valence-electron chi connectivity index (χ3n) is 4.08. The van der Waals surface area contributed by atoms with E-state index in [1.807, 2.05) is 54.6 Å². The molecule has 134 valence electrons.